The molecule has 3 aromatic rings. The fraction of sp³-hybridized carbons (Fsp3) is 0.118. The molecule has 0 amide bonds. The van der Waals surface area contributed by atoms with E-state index in [0.29, 0.717) is 0 Å². The fourth-order valence-corrected chi connectivity index (χ4v) is 14.5. The van der Waals surface area contributed by atoms with E-state index in [-0.39, 0.29) is 0 Å². The first-order chi connectivity index (χ1) is 14.6. The molecule has 4 heterocycles. The van der Waals surface area contributed by atoms with Gasteiger partial charge in [0, 0.05) is 0 Å². The van der Waals surface area contributed by atoms with Crippen molar-refractivity contribution in [2.24, 2.45) is 0 Å². The van der Waals surface area contributed by atoms with Gasteiger partial charge in [-0.25, -0.2) is 0 Å². The summed E-state index contributed by atoms with van der Waals surface area (Å²) in [5, 5.41) is 3.72. The molecule has 8 nitrogen and oxygen atoms in total. The third-order valence-electron chi connectivity index (χ3n) is 3.55. The van der Waals surface area contributed by atoms with Gasteiger partial charge >= 0.3 is 185 Å². The molecule has 1 aliphatic rings. The number of aromatic nitrogens is 1. The minimum atomic E-state index is -4.48. The average Bonchev–Trinajstić information content (AvgIpc) is 3.43. The van der Waals surface area contributed by atoms with Crippen molar-refractivity contribution in [3.8, 4) is 0 Å². The Bertz CT molecular complexity index is 1310. The van der Waals surface area contributed by atoms with Gasteiger partial charge in [-0.1, -0.05) is 0 Å². The molecule has 4 rings (SSSR count). The summed E-state index contributed by atoms with van der Waals surface area (Å²) in [6, 6.07) is 3.59. The summed E-state index contributed by atoms with van der Waals surface area (Å²) >= 11 is 1.27. The Kier molecular flexibility index (Phi) is 9.55. The van der Waals surface area contributed by atoms with Crippen molar-refractivity contribution in [3.05, 3.63) is 56.7 Å². The molecule has 0 aromatic carbocycles. The Morgan fingerprint density at radius 3 is 2.29 bits per heavy atom. The normalized spacial score (nSPS) is 14.6. The molecule has 0 unspecified atom stereocenters. The number of rotatable bonds is 5. The van der Waals surface area contributed by atoms with Gasteiger partial charge in [-0.3, -0.25) is 0 Å². The topological polar surface area (TPSA) is 122 Å². The van der Waals surface area contributed by atoms with Crippen LogP contribution in [0.5, 0.6) is 0 Å². The van der Waals surface area contributed by atoms with Crippen LogP contribution in [0.3, 0.4) is 0 Å². The molecule has 0 radical (unpaired) electrons. The van der Waals surface area contributed by atoms with Gasteiger partial charge in [-0.2, -0.15) is 0 Å². The van der Waals surface area contributed by atoms with Gasteiger partial charge in [0.1, 0.15) is 0 Å². The number of hydrogen-bond donors (Lipinski definition) is 0. The van der Waals surface area contributed by atoms with Gasteiger partial charge in [0.25, 0.3) is 0 Å². The predicted octanol–water partition coefficient (Wildman–Crippen LogP) is 1.07. The van der Waals surface area contributed by atoms with Crippen molar-refractivity contribution in [2.45, 2.75) is 5.88 Å². The number of hydrogen-bond acceptors (Lipinski definition) is 9. The van der Waals surface area contributed by atoms with E-state index in [4.69, 9.17) is 0 Å². The quantitative estimate of drug-likeness (QED) is 0.167. The van der Waals surface area contributed by atoms with E-state index < -0.39 is 73.3 Å². The fourth-order valence-electron chi connectivity index (χ4n) is 2.57. The first-order valence-electron chi connectivity index (χ1n) is 8.12. The van der Waals surface area contributed by atoms with Crippen LogP contribution in [0.4, 0.5) is 5.69 Å². The summed E-state index contributed by atoms with van der Waals surface area (Å²) in [7, 11) is -8.95. The molecule has 0 spiro atoms. The first-order valence-corrected chi connectivity index (χ1v) is 17.7. The first kappa shape index (κ1) is 26.7. The molecule has 0 N–H and O–H groups in total. The summed E-state index contributed by atoms with van der Waals surface area (Å²) in [5.74, 6) is -1.30. The third-order valence-corrected chi connectivity index (χ3v) is 14.2. The van der Waals surface area contributed by atoms with E-state index in [1.807, 2.05) is 10.8 Å². The molecule has 1 aliphatic heterocycles. The average molecular weight is 729 g/mol. The molecule has 0 aliphatic carbocycles. The SMILES string of the molecule is C=C.C=C.O=S(=O)([O-])CN1C(=Cc2[te]c3sccc3[n+]2CS(=O)(=O)[O-])[Te]c2sccc21. The van der Waals surface area contributed by atoms with Crippen molar-refractivity contribution in [1.29, 1.82) is 0 Å². The molecule has 168 valence electrons. The van der Waals surface area contributed by atoms with Crippen LogP contribution in [0.25, 0.3) is 14.3 Å². The van der Waals surface area contributed by atoms with Crippen LogP contribution in [0, 0.1) is 0 Å². The molecular formula is C17H17N2O6S4Te2-. The molecular weight excluding hydrogens is 712 g/mol. The summed E-state index contributed by atoms with van der Waals surface area (Å²) in [4.78, 5) is 1.52. The van der Waals surface area contributed by atoms with E-state index in [9.17, 15) is 25.9 Å². The second-order valence-electron chi connectivity index (χ2n) is 5.44. The van der Waals surface area contributed by atoms with E-state index in [1.54, 1.807) is 18.2 Å². The van der Waals surface area contributed by atoms with Crippen molar-refractivity contribution in [3.63, 3.8) is 0 Å². The van der Waals surface area contributed by atoms with Crippen molar-refractivity contribution < 1.29 is 30.5 Å². The summed E-state index contributed by atoms with van der Waals surface area (Å²) in [6.45, 7) is 12.0. The van der Waals surface area contributed by atoms with E-state index in [2.05, 4.69) is 26.3 Å². The molecule has 31 heavy (non-hydrogen) atoms. The predicted molar refractivity (Wildman–Crippen MR) is 126 cm³/mol. The van der Waals surface area contributed by atoms with Crippen molar-refractivity contribution in [1.82, 2.24) is 0 Å². The zero-order valence-corrected chi connectivity index (χ0v) is 23.8. The molecule has 0 saturated heterocycles. The zero-order valence-electron chi connectivity index (χ0n) is 15.9. The maximum absolute atomic E-state index is 11.4. The third kappa shape index (κ3) is 6.74. The van der Waals surface area contributed by atoms with E-state index in [1.165, 1.54) is 32.1 Å². The van der Waals surface area contributed by atoms with E-state index in [0.717, 1.165) is 24.3 Å². The molecule has 0 bridgehead atoms. The number of thiophene rings is 2. The van der Waals surface area contributed by atoms with Crippen LogP contribution >= 0.6 is 22.7 Å². The van der Waals surface area contributed by atoms with Gasteiger partial charge in [0.2, 0.25) is 0 Å². The Morgan fingerprint density at radius 1 is 1.03 bits per heavy atom. The maximum atomic E-state index is 11.4. The van der Waals surface area contributed by atoms with Gasteiger partial charge in [0.15, 0.2) is 0 Å². The van der Waals surface area contributed by atoms with Crippen LogP contribution in [0.15, 0.2) is 53.0 Å². The molecule has 0 saturated carbocycles. The Labute approximate surface area is 209 Å². The molecule has 0 atom stereocenters. The molecule has 3 aromatic heterocycles. The second-order valence-corrected chi connectivity index (χ2v) is 17.5. The zero-order chi connectivity index (χ0) is 23.4. The van der Waals surface area contributed by atoms with E-state index >= 15 is 0 Å². The van der Waals surface area contributed by atoms with Crippen LogP contribution in [-0.4, -0.2) is 73.2 Å². The summed E-state index contributed by atoms with van der Waals surface area (Å²) in [6.07, 6.45) is 1.81. The minimum absolute atomic E-state index is 0.650. The number of anilines is 1. The standard InChI is InChI=1S/C13H10N2O6S4Te2.2C2H4/c16-24(17,18)6-14-8-1-3-22-12(8)26-10(14)5-11-15(7-25(19,20)21)9-2-4-23-13(9)27-11;2*1-2/h1-5H,6-7H2,(H-,16,17,18,19,20,21);2*1-2H2/p-1. The van der Waals surface area contributed by atoms with Gasteiger partial charge in [-0.15, -0.1) is 26.3 Å². The summed E-state index contributed by atoms with van der Waals surface area (Å²) in [5.41, 5.74) is 1.48. The molecule has 0 fully saturated rings. The van der Waals surface area contributed by atoms with Gasteiger partial charge in [-0.05, 0) is 0 Å². The van der Waals surface area contributed by atoms with Crippen molar-refractivity contribution >= 4 is 107 Å². The number of nitrogens with zero attached hydrogens (tertiary/aromatic N) is 2. The van der Waals surface area contributed by atoms with Gasteiger partial charge in [0.05, 0.1) is 0 Å². The van der Waals surface area contributed by atoms with Crippen LogP contribution in [0.1, 0.15) is 3.71 Å². The number of fused-ring (bicyclic) bond motifs is 2. The van der Waals surface area contributed by atoms with Crippen LogP contribution in [0.2, 0.25) is 0 Å². The van der Waals surface area contributed by atoms with Crippen molar-refractivity contribution in [2.75, 3.05) is 10.8 Å². The summed E-state index contributed by atoms with van der Waals surface area (Å²) < 4.78 is 73.3. The Balaban J connectivity index is 0.000000807. The van der Waals surface area contributed by atoms with Crippen LogP contribution < -0.4 is 12.4 Å². The Hall–Kier alpha value is -0.511. The van der Waals surface area contributed by atoms with Crippen LogP contribution in [-0.2, 0) is 26.1 Å². The van der Waals surface area contributed by atoms with Gasteiger partial charge < -0.3 is 0 Å². The Morgan fingerprint density at radius 2 is 1.68 bits per heavy atom. The monoisotopic (exact) mass is 733 g/mol. The molecule has 14 heteroatoms. The second kappa shape index (κ2) is 11.1.